The maximum absolute atomic E-state index is 14.8. The number of carbonyl (C=O) groups is 2. The molecule has 2 heterocycles. The Morgan fingerprint density at radius 1 is 0.507 bits per heavy atom. The maximum Gasteiger partial charge on any atom is 0.329 e. The van der Waals surface area contributed by atoms with Crippen LogP contribution in [0.3, 0.4) is 0 Å². The van der Waals surface area contributed by atoms with Gasteiger partial charge in [0.15, 0.2) is 5.41 Å². The molecule has 0 unspecified atom stereocenters. The number of phenols is 1. The zero-order valence-corrected chi connectivity index (χ0v) is 47.0. The van der Waals surface area contributed by atoms with Crippen LogP contribution in [0.5, 0.6) is 17.2 Å². The van der Waals surface area contributed by atoms with Crippen molar-refractivity contribution in [3.8, 4) is 17.2 Å². The zero-order chi connectivity index (χ0) is 54.2. The third-order valence-corrected chi connectivity index (χ3v) is 13.1. The molecule has 0 saturated heterocycles. The molecule has 2 aromatic heterocycles. The second-order valence-electron chi connectivity index (χ2n) is 25.6. The smallest absolute Gasteiger partial charge is 0.329 e. The summed E-state index contributed by atoms with van der Waals surface area (Å²) >= 11 is 0. The fourth-order valence-electron chi connectivity index (χ4n) is 10.1. The van der Waals surface area contributed by atoms with Gasteiger partial charge in [0.1, 0.15) is 39.3 Å². The van der Waals surface area contributed by atoms with Crippen LogP contribution in [0.15, 0.2) is 109 Å². The maximum atomic E-state index is 14.8. The van der Waals surface area contributed by atoms with Crippen molar-refractivity contribution in [1.29, 1.82) is 0 Å². The molecular formula is C62H84N6O5. The van der Waals surface area contributed by atoms with Crippen LogP contribution in [0.1, 0.15) is 178 Å². The number of unbranched alkanes of at least 4 members (excludes halogenated alkanes) is 1. The van der Waals surface area contributed by atoms with E-state index in [1.165, 1.54) is 0 Å². The van der Waals surface area contributed by atoms with Gasteiger partial charge in [0.05, 0.1) is 0 Å². The Morgan fingerprint density at radius 2 is 0.836 bits per heavy atom. The minimum absolute atomic E-state index is 0.0600. The van der Waals surface area contributed by atoms with E-state index >= 15 is 0 Å². The molecule has 0 aliphatic carbocycles. The topological polar surface area (TPSA) is 156 Å². The number of fused-ring (bicyclic) bond motifs is 2. The molecule has 0 amide bonds. The van der Waals surface area contributed by atoms with Crippen LogP contribution in [0.4, 0.5) is 0 Å². The van der Waals surface area contributed by atoms with Crippen LogP contribution in [0.25, 0.3) is 22.1 Å². The van der Waals surface area contributed by atoms with Crippen molar-refractivity contribution in [3.63, 3.8) is 0 Å². The molecule has 0 radical (unpaired) electrons. The molecule has 0 saturated carbocycles. The number of carbonyl (C=O) groups excluding carboxylic acids is 2. The van der Waals surface area contributed by atoms with Crippen LogP contribution >= 0.6 is 0 Å². The van der Waals surface area contributed by atoms with Crippen LogP contribution in [0.2, 0.25) is 0 Å². The van der Waals surface area contributed by atoms with Crippen molar-refractivity contribution >= 4 is 34.0 Å². The van der Waals surface area contributed by atoms with E-state index in [1.807, 2.05) is 116 Å². The number of ether oxygens (including phenoxy) is 2. The lowest BCUT2D eigenvalue weighted by Crippen LogP contribution is -2.46. The average Bonchev–Trinajstić information content (AvgIpc) is 3.97. The molecule has 0 spiro atoms. The fourth-order valence-corrected chi connectivity index (χ4v) is 10.1. The van der Waals surface area contributed by atoms with E-state index in [9.17, 15) is 14.7 Å². The lowest BCUT2D eigenvalue weighted by atomic mass is 9.72. The summed E-state index contributed by atoms with van der Waals surface area (Å²) in [4.78, 5) is 29.6. The number of aromatic amines is 2. The molecular weight excluding hydrogens is 909 g/mol. The van der Waals surface area contributed by atoms with E-state index in [1.54, 1.807) is 0 Å². The van der Waals surface area contributed by atoms with Crippen LogP contribution in [0, 0.1) is 16.2 Å². The summed E-state index contributed by atoms with van der Waals surface area (Å²) in [5, 5.41) is 32.1. The Labute approximate surface area is 435 Å². The third kappa shape index (κ3) is 15.8. The number of hydrogen-bond acceptors (Lipinski definition) is 9. The number of H-pyrrole nitrogens is 2. The molecule has 0 aliphatic heterocycles. The number of benzene rings is 5. The molecule has 73 heavy (non-hydrogen) atoms. The van der Waals surface area contributed by atoms with Crippen molar-refractivity contribution in [3.05, 3.63) is 137 Å². The average molecular weight is 993 g/mol. The molecule has 0 aliphatic rings. The highest BCUT2D eigenvalue weighted by Gasteiger charge is 2.50. The summed E-state index contributed by atoms with van der Waals surface area (Å²) in [6, 6.07) is 34.7. The van der Waals surface area contributed by atoms with E-state index < -0.39 is 28.2 Å². The van der Waals surface area contributed by atoms with Gasteiger partial charge in [-0.05, 0) is 135 Å². The number of phenolic OH excluding ortho intramolecular Hbond substituents is 1. The highest BCUT2D eigenvalue weighted by atomic mass is 16.6. The van der Waals surface area contributed by atoms with Gasteiger partial charge in [0, 0.05) is 0 Å². The number of aromatic nitrogens is 6. The summed E-state index contributed by atoms with van der Waals surface area (Å²) in [5.74, 6) is -0.264. The van der Waals surface area contributed by atoms with E-state index in [-0.39, 0.29) is 40.3 Å². The summed E-state index contributed by atoms with van der Waals surface area (Å²) < 4.78 is 12.4. The molecule has 5 aromatic carbocycles. The van der Waals surface area contributed by atoms with E-state index in [2.05, 4.69) is 142 Å². The first kappa shape index (κ1) is 57.5. The molecule has 0 fully saturated rings. The van der Waals surface area contributed by atoms with E-state index in [0.717, 1.165) is 69.1 Å². The fraction of sp³-hybridized carbons (Fsp3) is 0.484. The van der Waals surface area contributed by atoms with Crippen LogP contribution in [-0.4, -0.2) is 47.9 Å². The molecule has 0 bridgehead atoms. The normalized spacial score (nSPS) is 12.7. The van der Waals surface area contributed by atoms with Crippen molar-refractivity contribution in [2.75, 3.05) is 0 Å². The number of nitrogens with one attached hydrogen (secondary N) is 2. The Hall–Kier alpha value is -6.36. The number of para-hydroxylation sites is 4. The van der Waals surface area contributed by atoms with E-state index in [0.29, 0.717) is 17.9 Å². The van der Waals surface area contributed by atoms with Gasteiger partial charge >= 0.3 is 11.9 Å². The predicted octanol–water partition coefficient (Wildman–Crippen LogP) is 15.3. The molecule has 11 nitrogen and oxygen atoms in total. The first-order valence-electron chi connectivity index (χ1n) is 25.9. The number of esters is 2. The largest absolute Gasteiger partial charge is 0.507 e. The molecule has 7 rings (SSSR count). The highest BCUT2D eigenvalue weighted by molar-refractivity contribution is 6.02. The van der Waals surface area contributed by atoms with Crippen molar-refractivity contribution < 1.29 is 24.2 Å². The van der Waals surface area contributed by atoms with Crippen molar-refractivity contribution in [1.82, 2.24) is 30.8 Å². The van der Waals surface area contributed by atoms with Crippen molar-refractivity contribution in [2.45, 2.75) is 178 Å². The summed E-state index contributed by atoms with van der Waals surface area (Å²) in [6.45, 7) is 36.8. The van der Waals surface area contributed by atoms with Gasteiger partial charge in [-0.2, -0.15) is 30.8 Å². The zero-order valence-electron chi connectivity index (χ0n) is 47.0. The number of rotatable bonds is 13. The van der Waals surface area contributed by atoms with E-state index in [4.69, 9.17) is 9.47 Å². The van der Waals surface area contributed by atoms with Gasteiger partial charge in [-0.25, -0.2) is 0 Å². The molecule has 392 valence electrons. The van der Waals surface area contributed by atoms with Gasteiger partial charge < -0.3 is 14.6 Å². The third-order valence-electron chi connectivity index (χ3n) is 13.1. The summed E-state index contributed by atoms with van der Waals surface area (Å²) in [6.07, 6.45) is 3.66. The Bertz CT molecular complexity index is 2650. The highest BCUT2D eigenvalue weighted by Crippen LogP contribution is 2.44. The summed E-state index contributed by atoms with van der Waals surface area (Å²) in [5.41, 5.74) is 5.95. The Kier molecular flexibility index (Phi) is 18.0. The lowest BCUT2D eigenvalue weighted by molar-refractivity contribution is -0.162. The predicted molar refractivity (Wildman–Crippen MR) is 297 cm³/mol. The van der Waals surface area contributed by atoms with Gasteiger partial charge in [-0.1, -0.05) is 191 Å². The van der Waals surface area contributed by atoms with Crippen LogP contribution in [-0.2, 0) is 37.7 Å². The number of hydrogen-bond donors (Lipinski definition) is 3. The minimum Gasteiger partial charge on any atom is -0.507 e. The molecule has 11 heteroatoms. The summed E-state index contributed by atoms with van der Waals surface area (Å²) in [7, 11) is 0. The van der Waals surface area contributed by atoms with Gasteiger partial charge in [-0.15, -0.1) is 0 Å². The number of nitrogens with zero attached hydrogens (tertiary/aromatic N) is 4. The van der Waals surface area contributed by atoms with Crippen LogP contribution < -0.4 is 9.47 Å². The molecule has 7 aromatic rings. The molecule has 3 N–H and O–H groups in total. The second-order valence-corrected chi connectivity index (χ2v) is 25.6. The SMILES string of the molecule is CCCCC(Cc1cc(C(C)(C)C)c(O)c(C(C)(C)C)c1)(C(=O)Oc1ccc(C(C)(C)CC(C)(C)C)cc1)C(=O)Oc1ccc(C(C)(C)CC(C)(C)C)cc1.c1ccc2n[nH]nc2c1.c1ccc2n[nH]nc2c1. The number of aromatic hydroxyl groups is 1. The first-order valence-corrected chi connectivity index (χ1v) is 25.9. The van der Waals surface area contributed by atoms with Gasteiger partial charge in [-0.3, -0.25) is 9.59 Å². The minimum atomic E-state index is -1.66. The first-order chi connectivity index (χ1) is 33.8. The van der Waals surface area contributed by atoms with Crippen molar-refractivity contribution in [2.24, 2.45) is 16.2 Å². The van der Waals surface area contributed by atoms with Gasteiger partial charge in [0.25, 0.3) is 0 Å². The Morgan fingerprint density at radius 3 is 1.12 bits per heavy atom. The quantitative estimate of drug-likeness (QED) is 0.0581. The lowest BCUT2D eigenvalue weighted by Gasteiger charge is -2.33. The second kappa shape index (κ2) is 22.8. The standard InChI is InChI=1S/C50H74O5.2C6H5N3/c1-18-19-28-50(31-34-29-39(46(8,9)10)41(51)40(30-34)47(11,12)13,42(52)54-37-24-20-35(21-25-37)48(14,15)32-44(2,3)4)43(53)55-38-26-22-36(23-27-38)49(16,17)33-45(5,6)7;2*1-2-4-6-5(3-1)7-9-8-6/h20-27,29-30,51H,18-19,28,31-33H2,1-17H3;2*1-4H,(H,7,8,9). The van der Waals surface area contributed by atoms with Gasteiger partial charge in [0.2, 0.25) is 0 Å². The monoisotopic (exact) mass is 993 g/mol. The Balaban J connectivity index is 0.000000446. The molecule has 0 atom stereocenters.